The molecule has 0 spiro atoms. The van der Waals surface area contributed by atoms with Gasteiger partial charge in [0, 0.05) is 33.1 Å². The molecule has 5 atom stereocenters. The van der Waals surface area contributed by atoms with Crippen molar-refractivity contribution in [3.05, 3.63) is 45.3 Å². The number of hydrogen-bond donors (Lipinski definition) is 1. The number of carboxylic acid groups (broad SMARTS) is 1. The van der Waals surface area contributed by atoms with Crippen molar-refractivity contribution >= 4 is 40.8 Å². The summed E-state index contributed by atoms with van der Waals surface area (Å²) in [6, 6.07) is 4.58. The lowest BCUT2D eigenvalue weighted by atomic mass is 9.89. The number of aliphatic carboxylic acids is 1. The average Bonchev–Trinajstić information content (AvgIpc) is 2.81. The van der Waals surface area contributed by atoms with Crippen LogP contribution in [0.25, 0.3) is 11.0 Å². The Balaban J connectivity index is 2.16. The summed E-state index contributed by atoms with van der Waals surface area (Å²) in [5.74, 6) is -4.13. The van der Waals surface area contributed by atoms with E-state index in [1.165, 1.54) is 13.0 Å². The maximum atomic E-state index is 12.5. The summed E-state index contributed by atoms with van der Waals surface area (Å²) in [5, 5.41) is 9.59. The van der Waals surface area contributed by atoms with Crippen molar-refractivity contribution in [1.82, 2.24) is 0 Å². The van der Waals surface area contributed by atoms with Gasteiger partial charge in [-0.3, -0.25) is 24.0 Å². The van der Waals surface area contributed by atoms with Crippen LogP contribution in [0.5, 0.6) is 0 Å². The summed E-state index contributed by atoms with van der Waals surface area (Å²) in [7, 11) is 0. The molecule has 1 aromatic carbocycles. The van der Waals surface area contributed by atoms with Crippen LogP contribution in [0, 0.1) is 6.92 Å². The lowest BCUT2D eigenvalue weighted by Gasteiger charge is -2.44. The molecule has 1 aliphatic heterocycles. The smallest absolute Gasteiger partial charge is 0.340 e. The first-order valence-corrected chi connectivity index (χ1v) is 11.9. The number of rotatable bonds is 8. The van der Waals surface area contributed by atoms with Gasteiger partial charge in [-0.15, -0.1) is 0 Å². The summed E-state index contributed by atoms with van der Waals surface area (Å²) in [4.78, 5) is 71.2. The Morgan fingerprint density at radius 3 is 2.03 bits per heavy atom. The molecule has 1 saturated heterocycles. The fourth-order valence-electron chi connectivity index (χ4n) is 4.44. The van der Waals surface area contributed by atoms with Crippen LogP contribution >= 0.6 is 0 Å². The molecular weight excluding hydrogens is 520 g/mol. The Labute approximate surface area is 221 Å². The number of carboxylic acids is 1. The van der Waals surface area contributed by atoms with E-state index in [-0.39, 0.29) is 11.1 Å². The molecule has 3 rings (SSSR count). The van der Waals surface area contributed by atoms with Crippen LogP contribution in [0.1, 0.15) is 50.5 Å². The number of ether oxygens (including phenoxy) is 5. The minimum Gasteiger partial charge on any atom is -0.481 e. The van der Waals surface area contributed by atoms with Crippen molar-refractivity contribution in [2.45, 2.75) is 71.6 Å². The number of fused-ring (bicyclic) bond motifs is 1. The SMILES string of the molecule is CC(=O)OC[C@H]1O[C@@H](c2ccc3c(C)c(CC(=O)O)c(=O)oc3c2)[C@H](OC(C)=O)[C@@H](OC(C)=O)[C@H]1OC(C)=O. The molecule has 1 N–H and O–H groups in total. The van der Waals surface area contributed by atoms with E-state index in [4.69, 9.17) is 33.2 Å². The zero-order valence-electron chi connectivity index (χ0n) is 21.9. The summed E-state index contributed by atoms with van der Waals surface area (Å²) >= 11 is 0. The summed E-state index contributed by atoms with van der Waals surface area (Å²) < 4.78 is 32.9. The Kier molecular flexibility index (Phi) is 9.07. The van der Waals surface area contributed by atoms with Crippen molar-refractivity contribution in [3.8, 4) is 0 Å². The van der Waals surface area contributed by atoms with E-state index in [0.29, 0.717) is 16.5 Å². The summed E-state index contributed by atoms with van der Waals surface area (Å²) in [6.45, 7) is 5.72. The largest absolute Gasteiger partial charge is 0.481 e. The molecule has 0 unspecified atom stereocenters. The van der Waals surface area contributed by atoms with E-state index in [1.54, 1.807) is 19.1 Å². The Morgan fingerprint density at radius 2 is 1.46 bits per heavy atom. The molecule has 0 saturated carbocycles. The highest BCUT2D eigenvalue weighted by molar-refractivity contribution is 5.83. The lowest BCUT2D eigenvalue weighted by Crippen LogP contribution is -2.59. The van der Waals surface area contributed by atoms with Crippen LogP contribution in [0.15, 0.2) is 27.4 Å². The second-order valence-corrected chi connectivity index (χ2v) is 8.94. The number of carbonyl (C=O) groups is 5. The van der Waals surface area contributed by atoms with E-state index >= 15 is 0 Å². The van der Waals surface area contributed by atoms with Crippen LogP contribution < -0.4 is 5.63 Å². The van der Waals surface area contributed by atoms with Gasteiger partial charge in [0.05, 0.1) is 12.0 Å². The molecule has 0 amide bonds. The van der Waals surface area contributed by atoms with Crippen LogP contribution in [-0.4, -0.2) is 66.0 Å². The second-order valence-electron chi connectivity index (χ2n) is 8.94. The lowest BCUT2D eigenvalue weighted by molar-refractivity contribution is -0.254. The summed E-state index contributed by atoms with van der Waals surface area (Å²) in [6.07, 6.45) is -6.85. The quantitative estimate of drug-likeness (QED) is 0.285. The van der Waals surface area contributed by atoms with Crippen LogP contribution in [-0.2, 0) is 54.1 Å². The molecule has 0 aliphatic carbocycles. The fourth-order valence-corrected chi connectivity index (χ4v) is 4.44. The minimum absolute atomic E-state index is 0.00459. The van der Waals surface area contributed by atoms with Crippen molar-refractivity contribution in [3.63, 3.8) is 0 Å². The zero-order chi connectivity index (χ0) is 29.0. The van der Waals surface area contributed by atoms with Gasteiger partial charge in [0.1, 0.15) is 24.4 Å². The molecule has 210 valence electrons. The Bertz CT molecular complexity index is 1360. The number of aryl methyl sites for hydroxylation is 1. The van der Waals surface area contributed by atoms with Gasteiger partial charge in [-0.05, 0) is 24.1 Å². The molecule has 13 heteroatoms. The van der Waals surface area contributed by atoms with Crippen LogP contribution in [0.3, 0.4) is 0 Å². The predicted molar refractivity (Wildman–Crippen MR) is 129 cm³/mol. The van der Waals surface area contributed by atoms with Gasteiger partial charge in [0.2, 0.25) is 0 Å². The zero-order valence-corrected chi connectivity index (χ0v) is 21.9. The van der Waals surface area contributed by atoms with Gasteiger partial charge in [-0.25, -0.2) is 4.79 Å². The number of carbonyl (C=O) groups excluding carboxylic acids is 4. The van der Waals surface area contributed by atoms with E-state index in [9.17, 15) is 28.8 Å². The van der Waals surface area contributed by atoms with Gasteiger partial charge in [-0.1, -0.05) is 12.1 Å². The minimum atomic E-state index is -1.36. The molecule has 13 nitrogen and oxygen atoms in total. The maximum Gasteiger partial charge on any atom is 0.340 e. The van der Waals surface area contributed by atoms with Gasteiger partial charge in [0.25, 0.3) is 0 Å². The first kappa shape index (κ1) is 29.3. The van der Waals surface area contributed by atoms with Crippen molar-refractivity contribution in [2.75, 3.05) is 6.61 Å². The number of esters is 4. The molecular formula is C26H28O13. The number of benzene rings is 1. The van der Waals surface area contributed by atoms with E-state index in [2.05, 4.69) is 0 Å². The summed E-state index contributed by atoms with van der Waals surface area (Å²) in [5.41, 5.74) is -0.0154. The highest BCUT2D eigenvalue weighted by Crippen LogP contribution is 2.38. The maximum absolute atomic E-state index is 12.5. The van der Waals surface area contributed by atoms with Gasteiger partial charge in [-0.2, -0.15) is 0 Å². The van der Waals surface area contributed by atoms with Crippen molar-refractivity contribution in [2.24, 2.45) is 0 Å². The third-order valence-corrected chi connectivity index (χ3v) is 5.96. The molecule has 39 heavy (non-hydrogen) atoms. The molecule has 0 bridgehead atoms. The van der Waals surface area contributed by atoms with Gasteiger partial charge < -0.3 is 33.2 Å². The number of hydrogen-bond acceptors (Lipinski definition) is 12. The molecule has 1 aromatic heterocycles. The standard InChI is InChI=1S/C26H28O13/c1-11-17-7-6-16(8-19(17)39-26(33)18(11)9-21(31)32)22-24(36-14(4)29)25(37-15(5)30)23(35-13(3)28)20(38-22)10-34-12(2)27/h6-8,20,22-25H,9-10H2,1-5H3,(H,31,32)/t20-,22+,23+,24+,25+/m1/s1. The topological polar surface area (TPSA) is 182 Å². The monoisotopic (exact) mass is 548 g/mol. The Hall–Kier alpha value is -4.26. The molecule has 1 fully saturated rings. The third-order valence-electron chi connectivity index (χ3n) is 5.96. The highest BCUT2D eigenvalue weighted by atomic mass is 16.7. The van der Waals surface area contributed by atoms with E-state index in [0.717, 1.165) is 20.8 Å². The van der Waals surface area contributed by atoms with Gasteiger partial charge >= 0.3 is 35.5 Å². The van der Waals surface area contributed by atoms with Crippen LogP contribution in [0.4, 0.5) is 0 Å². The first-order chi connectivity index (χ1) is 18.3. The Morgan fingerprint density at radius 1 is 0.872 bits per heavy atom. The van der Waals surface area contributed by atoms with Crippen molar-refractivity contribution in [1.29, 1.82) is 0 Å². The van der Waals surface area contributed by atoms with E-state index in [1.807, 2.05) is 0 Å². The third kappa shape index (κ3) is 6.99. The average molecular weight is 548 g/mol. The predicted octanol–water partition coefficient (Wildman–Crippen LogP) is 1.53. The van der Waals surface area contributed by atoms with Crippen molar-refractivity contribution < 1.29 is 57.2 Å². The first-order valence-electron chi connectivity index (χ1n) is 11.9. The van der Waals surface area contributed by atoms with Crippen LogP contribution in [0.2, 0.25) is 0 Å². The van der Waals surface area contributed by atoms with Gasteiger partial charge in [0.15, 0.2) is 18.3 Å². The van der Waals surface area contributed by atoms with E-state index < -0.39 is 79.0 Å². The molecule has 1 aliphatic rings. The molecule has 2 aromatic rings. The molecule has 2 heterocycles. The normalized spacial score (nSPS) is 22.5. The second kappa shape index (κ2) is 12.1. The molecule has 0 radical (unpaired) electrons. The highest BCUT2D eigenvalue weighted by Gasteiger charge is 2.52. The fraction of sp³-hybridized carbons (Fsp3) is 0.462.